The van der Waals surface area contributed by atoms with Gasteiger partial charge in [-0.1, -0.05) is 20.8 Å². The number of nitrogens with one attached hydrogen (secondary N) is 2. The maximum atomic E-state index is 11.7. The average Bonchev–Trinajstić information content (AvgIpc) is 2.83. The van der Waals surface area contributed by atoms with E-state index in [1.807, 2.05) is 32.5 Å². The summed E-state index contributed by atoms with van der Waals surface area (Å²) in [5.74, 6) is 1.42. The van der Waals surface area contributed by atoms with Crippen LogP contribution in [0.3, 0.4) is 0 Å². The number of thioether (sulfide) groups is 1. The molecule has 2 unspecified atom stereocenters. The maximum Gasteiger partial charge on any atom is 0.314 e. The second-order valence-electron chi connectivity index (χ2n) is 6.62. The molecule has 1 aliphatic heterocycles. The van der Waals surface area contributed by atoms with E-state index in [4.69, 9.17) is 0 Å². The molecule has 0 aromatic heterocycles. The highest BCUT2D eigenvalue weighted by molar-refractivity contribution is 7.99. The molecular weight excluding hydrogens is 276 g/mol. The summed E-state index contributed by atoms with van der Waals surface area (Å²) in [7, 11) is 0. The topological polar surface area (TPSA) is 78.4 Å². The van der Waals surface area contributed by atoms with Crippen LogP contribution in [0.4, 0.5) is 4.79 Å². The van der Waals surface area contributed by atoms with E-state index in [9.17, 15) is 14.7 Å². The van der Waals surface area contributed by atoms with Crippen LogP contribution in [0.25, 0.3) is 0 Å². The number of hydrogen-bond donors (Lipinski definition) is 3. The van der Waals surface area contributed by atoms with E-state index < -0.39 is 11.9 Å². The lowest BCUT2D eigenvalue weighted by Crippen LogP contribution is -2.42. The molecule has 1 heterocycles. The fourth-order valence-corrected chi connectivity index (χ4v) is 3.53. The molecular formula is C14H26N2O3S. The van der Waals surface area contributed by atoms with E-state index in [0.29, 0.717) is 18.9 Å². The monoisotopic (exact) mass is 302 g/mol. The minimum Gasteiger partial charge on any atom is -0.481 e. The van der Waals surface area contributed by atoms with E-state index in [1.54, 1.807) is 0 Å². The lowest BCUT2D eigenvalue weighted by atomic mass is 9.84. The van der Waals surface area contributed by atoms with Crippen molar-refractivity contribution in [3.05, 3.63) is 0 Å². The molecule has 1 aliphatic rings. The molecule has 0 aromatic carbocycles. The number of urea groups is 1. The Morgan fingerprint density at radius 3 is 2.55 bits per heavy atom. The molecule has 0 spiro atoms. The molecule has 0 saturated carbocycles. The van der Waals surface area contributed by atoms with Crippen LogP contribution in [0.15, 0.2) is 0 Å². The third-order valence-corrected chi connectivity index (χ3v) is 4.52. The van der Waals surface area contributed by atoms with Crippen molar-refractivity contribution in [3.63, 3.8) is 0 Å². The zero-order valence-electron chi connectivity index (χ0n) is 12.6. The Labute approximate surface area is 125 Å². The van der Waals surface area contributed by atoms with Crippen molar-refractivity contribution in [1.29, 1.82) is 0 Å². The van der Waals surface area contributed by atoms with Crippen LogP contribution in [0.5, 0.6) is 0 Å². The van der Waals surface area contributed by atoms with Gasteiger partial charge in [0.25, 0.3) is 0 Å². The molecule has 116 valence electrons. The van der Waals surface area contributed by atoms with Gasteiger partial charge in [-0.25, -0.2) is 4.79 Å². The summed E-state index contributed by atoms with van der Waals surface area (Å²) in [6.07, 6.45) is 1.69. The molecule has 1 fully saturated rings. The molecule has 3 N–H and O–H groups in total. The second-order valence-corrected chi connectivity index (χ2v) is 7.77. The first-order valence-electron chi connectivity index (χ1n) is 7.10. The van der Waals surface area contributed by atoms with Crippen molar-refractivity contribution in [2.75, 3.05) is 24.6 Å². The van der Waals surface area contributed by atoms with Crippen molar-refractivity contribution in [2.45, 2.75) is 33.6 Å². The molecule has 1 rings (SSSR count). The summed E-state index contributed by atoms with van der Waals surface area (Å²) in [5.41, 5.74) is -0.0672. The van der Waals surface area contributed by atoms with Gasteiger partial charge in [-0.15, -0.1) is 0 Å². The Hall–Kier alpha value is -0.910. The van der Waals surface area contributed by atoms with Crippen LogP contribution in [-0.4, -0.2) is 41.7 Å². The van der Waals surface area contributed by atoms with Gasteiger partial charge < -0.3 is 15.7 Å². The van der Waals surface area contributed by atoms with Gasteiger partial charge in [-0.2, -0.15) is 11.8 Å². The maximum absolute atomic E-state index is 11.7. The number of carboxylic acids is 1. The third kappa shape index (κ3) is 7.03. The summed E-state index contributed by atoms with van der Waals surface area (Å²) in [6, 6.07) is -0.262. The van der Waals surface area contributed by atoms with E-state index in [2.05, 4.69) is 10.6 Å². The highest BCUT2D eigenvalue weighted by Crippen LogP contribution is 2.24. The number of rotatable bonds is 6. The number of hydrogen-bond acceptors (Lipinski definition) is 3. The first-order chi connectivity index (χ1) is 9.28. The zero-order chi connectivity index (χ0) is 15.2. The van der Waals surface area contributed by atoms with Crippen molar-refractivity contribution in [2.24, 2.45) is 17.3 Å². The van der Waals surface area contributed by atoms with Gasteiger partial charge in [-0.3, -0.25) is 4.79 Å². The quantitative estimate of drug-likeness (QED) is 0.702. The summed E-state index contributed by atoms with van der Waals surface area (Å²) in [6.45, 7) is 6.86. The molecule has 0 aliphatic carbocycles. The summed E-state index contributed by atoms with van der Waals surface area (Å²) in [5, 5.41) is 14.7. The smallest absolute Gasteiger partial charge is 0.314 e. The third-order valence-electron chi connectivity index (χ3n) is 3.29. The molecule has 1 saturated heterocycles. The van der Waals surface area contributed by atoms with Crippen LogP contribution in [0.2, 0.25) is 0 Å². The van der Waals surface area contributed by atoms with Gasteiger partial charge in [0.1, 0.15) is 0 Å². The molecule has 20 heavy (non-hydrogen) atoms. The van der Waals surface area contributed by atoms with Crippen LogP contribution in [0.1, 0.15) is 33.6 Å². The summed E-state index contributed by atoms with van der Waals surface area (Å²) < 4.78 is 0. The fourth-order valence-electron chi connectivity index (χ4n) is 2.25. The van der Waals surface area contributed by atoms with Gasteiger partial charge in [0, 0.05) is 13.1 Å². The van der Waals surface area contributed by atoms with E-state index in [1.165, 1.54) is 5.75 Å². The van der Waals surface area contributed by atoms with Crippen LogP contribution in [0, 0.1) is 17.3 Å². The van der Waals surface area contributed by atoms with E-state index in [-0.39, 0.29) is 18.0 Å². The Morgan fingerprint density at radius 1 is 1.35 bits per heavy atom. The molecule has 2 atom stereocenters. The Bertz CT molecular complexity index is 336. The van der Waals surface area contributed by atoms with Gasteiger partial charge in [0.2, 0.25) is 0 Å². The van der Waals surface area contributed by atoms with Gasteiger partial charge >= 0.3 is 12.0 Å². The predicted octanol–water partition coefficient (Wildman–Crippen LogP) is 2.18. The normalized spacial score (nSPS) is 20.4. The van der Waals surface area contributed by atoms with Crippen LogP contribution < -0.4 is 10.6 Å². The average molecular weight is 302 g/mol. The minimum absolute atomic E-state index is 0.0672. The highest BCUT2D eigenvalue weighted by Gasteiger charge is 2.25. The Kier molecular flexibility index (Phi) is 6.65. The highest BCUT2D eigenvalue weighted by atomic mass is 32.2. The largest absolute Gasteiger partial charge is 0.481 e. The molecule has 6 heteroatoms. The van der Waals surface area contributed by atoms with Gasteiger partial charge in [0.05, 0.1) is 5.92 Å². The SMILES string of the molecule is CC(C)(C)CC(CNC(=O)NCC1CCSC1)C(=O)O. The molecule has 0 radical (unpaired) electrons. The lowest BCUT2D eigenvalue weighted by Gasteiger charge is -2.23. The van der Waals surface area contributed by atoms with Gasteiger partial charge in [-0.05, 0) is 35.7 Å². The minimum atomic E-state index is -0.854. The summed E-state index contributed by atoms with van der Waals surface area (Å²) >= 11 is 1.91. The first kappa shape index (κ1) is 17.1. The van der Waals surface area contributed by atoms with Crippen molar-refractivity contribution < 1.29 is 14.7 Å². The predicted molar refractivity (Wildman–Crippen MR) is 82.0 cm³/mol. The number of carbonyl (C=O) groups excluding carboxylic acids is 1. The number of carbonyl (C=O) groups is 2. The number of aliphatic carboxylic acids is 1. The van der Waals surface area contributed by atoms with Crippen LogP contribution in [-0.2, 0) is 4.79 Å². The zero-order valence-corrected chi connectivity index (χ0v) is 13.4. The Morgan fingerprint density at radius 2 is 2.05 bits per heavy atom. The molecule has 2 amide bonds. The van der Waals surface area contributed by atoms with Crippen molar-refractivity contribution in [3.8, 4) is 0 Å². The van der Waals surface area contributed by atoms with E-state index >= 15 is 0 Å². The number of amides is 2. The second kappa shape index (κ2) is 7.76. The molecule has 0 bridgehead atoms. The van der Waals surface area contributed by atoms with E-state index in [0.717, 1.165) is 12.2 Å². The lowest BCUT2D eigenvalue weighted by molar-refractivity contribution is -0.142. The summed E-state index contributed by atoms with van der Waals surface area (Å²) in [4.78, 5) is 22.9. The first-order valence-corrected chi connectivity index (χ1v) is 8.25. The number of carboxylic acid groups (broad SMARTS) is 1. The van der Waals surface area contributed by atoms with Crippen LogP contribution >= 0.6 is 11.8 Å². The molecule has 5 nitrogen and oxygen atoms in total. The Balaban J connectivity index is 2.27. The molecule has 0 aromatic rings. The fraction of sp³-hybridized carbons (Fsp3) is 0.857. The van der Waals surface area contributed by atoms with Crippen molar-refractivity contribution >= 4 is 23.8 Å². The van der Waals surface area contributed by atoms with Crippen molar-refractivity contribution in [1.82, 2.24) is 10.6 Å². The standard InChI is InChI=1S/C14H26N2O3S/c1-14(2,3)6-11(12(17)18)8-16-13(19)15-7-10-4-5-20-9-10/h10-11H,4-9H2,1-3H3,(H,17,18)(H2,15,16,19). The van der Waals surface area contributed by atoms with Gasteiger partial charge in [0.15, 0.2) is 0 Å².